The molecule has 348 valence electrons. The first-order chi connectivity index (χ1) is 29.0. The van der Waals surface area contributed by atoms with Crippen molar-refractivity contribution in [2.24, 2.45) is 0 Å². The smallest absolute Gasteiger partial charge is 0.268 e. The zero-order valence-corrected chi connectivity index (χ0v) is 40.3. The van der Waals surface area contributed by atoms with Gasteiger partial charge in [-0.2, -0.15) is 0 Å². The van der Waals surface area contributed by atoms with E-state index in [1.54, 1.807) is 6.08 Å². The molecule has 3 atom stereocenters. The van der Waals surface area contributed by atoms with Gasteiger partial charge < -0.3 is 28.8 Å². The normalized spacial score (nSPS) is 14.8. The van der Waals surface area contributed by atoms with Gasteiger partial charge in [-0.05, 0) is 64.2 Å². The molecule has 0 aliphatic rings. The third-order valence-electron chi connectivity index (χ3n) is 10.4. The lowest BCUT2D eigenvalue weighted by atomic mass is 10.0. The zero-order valence-electron chi connectivity index (χ0n) is 39.4. The second-order valence-corrected chi connectivity index (χ2v) is 18.8. The molecule has 0 aliphatic heterocycles. The maximum atomic E-state index is 12.8. The summed E-state index contributed by atoms with van der Waals surface area (Å²) in [6.45, 7) is 4.39. The van der Waals surface area contributed by atoms with Gasteiger partial charge >= 0.3 is 0 Å². The molecule has 0 saturated heterocycles. The largest absolute Gasteiger partial charge is 0.756 e. The van der Waals surface area contributed by atoms with Crippen LogP contribution >= 0.6 is 7.82 Å². The molecule has 3 unspecified atom stereocenters. The molecule has 2 N–H and O–H groups in total. The number of nitrogens with one attached hydrogen (secondary N) is 1. The van der Waals surface area contributed by atoms with Crippen molar-refractivity contribution in [2.75, 3.05) is 40.9 Å². The standard InChI is InChI=1S/C51H93N2O6P/c1-6-8-10-12-14-15-16-17-18-19-20-21-22-23-24-25-26-27-28-29-30-31-32-33-34-35-36-37-39-41-43-45-51(55)52-49(50(54)44-42-40-38-13-11-9-7-2)48-59-60(56,57)58-47-46-53(3,4)5/h8,10-11,13-15,17-18,20-21,42,44,49-50,54H,6-7,9,12,16,19,22-41,43,45-48H2,1-5H3,(H-,52,55,56,57)/b10-8-,13-11+,15-14-,18-17-,21-20-,44-42+. The number of rotatable bonds is 43. The lowest BCUT2D eigenvalue weighted by Crippen LogP contribution is -2.45. The van der Waals surface area contributed by atoms with Crippen LogP contribution in [0.2, 0.25) is 0 Å². The summed E-state index contributed by atoms with van der Waals surface area (Å²) in [6, 6.07) is -0.901. The van der Waals surface area contributed by atoms with E-state index in [2.05, 4.69) is 79.9 Å². The lowest BCUT2D eigenvalue weighted by Gasteiger charge is -2.29. The highest BCUT2D eigenvalue weighted by Crippen LogP contribution is 2.38. The van der Waals surface area contributed by atoms with Gasteiger partial charge in [0.15, 0.2) is 0 Å². The Balaban J connectivity index is 3.95. The van der Waals surface area contributed by atoms with Crippen molar-refractivity contribution in [2.45, 2.75) is 206 Å². The van der Waals surface area contributed by atoms with Crippen molar-refractivity contribution in [1.29, 1.82) is 0 Å². The van der Waals surface area contributed by atoms with E-state index in [0.29, 0.717) is 17.4 Å². The molecule has 0 spiro atoms. The number of carbonyl (C=O) groups is 1. The Labute approximate surface area is 370 Å². The maximum absolute atomic E-state index is 12.8. The monoisotopic (exact) mass is 861 g/mol. The number of unbranched alkanes of at least 4 members (excludes halogenated alkanes) is 20. The number of aliphatic hydroxyl groups is 1. The van der Waals surface area contributed by atoms with Crippen LogP contribution in [0, 0.1) is 0 Å². The predicted molar refractivity (Wildman–Crippen MR) is 256 cm³/mol. The number of amides is 1. The Kier molecular flexibility index (Phi) is 40.8. The van der Waals surface area contributed by atoms with Gasteiger partial charge in [-0.15, -0.1) is 0 Å². The highest BCUT2D eigenvalue weighted by molar-refractivity contribution is 7.45. The minimum atomic E-state index is -4.59. The van der Waals surface area contributed by atoms with Crippen LogP contribution in [0.3, 0.4) is 0 Å². The number of hydrogen-bond acceptors (Lipinski definition) is 6. The van der Waals surface area contributed by atoms with E-state index in [4.69, 9.17) is 9.05 Å². The fourth-order valence-corrected chi connectivity index (χ4v) is 7.30. The van der Waals surface area contributed by atoms with Crippen LogP contribution in [0.4, 0.5) is 0 Å². The number of phosphoric acid groups is 1. The Bertz CT molecular complexity index is 1200. The molecule has 8 nitrogen and oxygen atoms in total. The van der Waals surface area contributed by atoms with Crippen LogP contribution in [0.15, 0.2) is 72.9 Å². The molecule has 0 bridgehead atoms. The molecule has 9 heteroatoms. The quantitative estimate of drug-likeness (QED) is 0.0274. The van der Waals surface area contributed by atoms with Gasteiger partial charge in [0.25, 0.3) is 7.82 Å². The highest BCUT2D eigenvalue weighted by Gasteiger charge is 2.23. The number of phosphoric ester groups is 1. The number of hydrogen-bond donors (Lipinski definition) is 2. The maximum Gasteiger partial charge on any atom is 0.268 e. The van der Waals surface area contributed by atoms with Gasteiger partial charge in [0.1, 0.15) is 13.2 Å². The average Bonchev–Trinajstić information content (AvgIpc) is 3.20. The van der Waals surface area contributed by atoms with E-state index in [1.165, 1.54) is 103 Å². The Morgan fingerprint density at radius 1 is 0.600 bits per heavy atom. The summed E-state index contributed by atoms with van der Waals surface area (Å²) >= 11 is 0. The number of likely N-dealkylation sites (N-methyl/N-ethyl adjacent to an activating group) is 1. The van der Waals surface area contributed by atoms with E-state index in [9.17, 15) is 19.4 Å². The SMILES string of the molecule is CC/C=C\C/C=C\C/C=C\C/C=C\CCCCCCCCCCCCCCCCCCCCC(=O)NC(COP(=O)([O-])OCC[N+](C)(C)C)C(O)/C=C/CC/C=C/CCC. The third kappa shape index (κ3) is 44.0. The second-order valence-electron chi connectivity index (χ2n) is 17.4. The van der Waals surface area contributed by atoms with E-state index in [0.717, 1.165) is 70.6 Å². The molecule has 0 rings (SSSR count). The molecule has 0 aromatic carbocycles. The van der Waals surface area contributed by atoms with Gasteiger partial charge in [-0.3, -0.25) is 9.36 Å². The topological polar surface area (TPSA) is 108 Å². The summed E-state index contributed by atoms with van der Waals surface area (Å²) < 4.78 is 23.1. The summed E-state index contributed by atoms with van der Waals surface area (Å²) in [6.07, 6.45) is 57.2. The van der Waals surface area contributed by atoms with E-state index in [-0.39, 0.29) is 12.5 Å². The van der Waals surface area contributed by atoms with Crippen molar-refractivity contribution in [3.8, 4) is 0 Å². The summed E-state index contributed by atoms with van der Waals surface area (Å²) in [4.78, 5) is 25.2. The van der Waals surface area contributed by atoms with Crippen molar-refractivity contribution in [1.82, 2.24) is 5.32 Å². The van der Waals surface area contributed by atoms with Crippen molar-refractivity contribution < 1.29 is 32.9 Å². The fraction of sp³-hybridized carbons (Fsp3) is 0.745. The van der Waals surface area contributed by atoms with Gasteiger partial charge in [0, 0.05) is 6.42 Å². The number of allylic oxidation sites excluding steroid dienone is 11. The van der Waals surface area contributed by atoms with Gasteiger partial charge in [0.2, 0.25) is 5.91 Å². The van der Waals surface area contributed by atoms with E-state index in [1.807, 2.05) is 27.2 Å². The number of nitrogens with zero attached hydrogens (tertiary/aromatic N) is 1. The van der Waals surface area contributed by atoms with Gasteiger partial charge in [-0.1, -0.05) is 196 Å². The summed E-state index contributed by atoms with van der Waals surface area (Å²) in [5, 5.41) is 13.6. The number of carbonyl (C=O) groups excluding carboxylic acids is 1. The van der Waals surface area contributed by atoms with Crippen molar-refractivity contribution in [3.05, 3.63) is 72.9 Å². The molecular formula is C51H93N2O6P. The second kappa shape index (κ2) is 42.3. The first kappa shape index (κ1) is 57.9. The molecule has 0 radical (unpaired) electrons. The van der Waals surface area contributed by atoms with Gasteiger partial charge in [-0.25, -0.2) is 0 Å². The Morgan fingerprint density at radius 2 is 1.03 bits per heavy atom. The molecule has 1 amide bonds. The lowest BCUT2D eigenvalue weighted by molar-refractivity contribution is -0.870. The van der Waals surface area contributed by atoms with Gasteiger partial charge in [0.05, 0.1) is 39.9 Å². The number of quaternary nitrogens is 1. The first-order valence-electron chi connectivity index (χ1n) is 24.3. The average molecular weight is 861 g/mol. The molecule has 0 aromatic heterocycles. The van der Waals surface area contributed by atoms with Crippen molar-refractivity contribution >= 4 is 13.7 Å². The third-order valence-corrected chi connectivity index (χ3v) is 11.3. The number of aliphatic hydroxyl groups excluding tert-OH is 1. The molecule has 0 aromatic rings. The molecule has 0 fully saturated rings. The minimum absolute atomic E-state index is 0.00852. The molecule has 0 aliphatic carbocycles. The summed E-state index contributed by atoms with van der Waals surface area (Å²) in [5.41, 5.74) is 0. The Morgan fingerprint density at radius 3 is 1.53 bits per heavy atom. The first-order valence-corrected chi connectivity index (χ1v) is 25.8. The van der Waals surface area contributed by atoms with E-state index < -0.39 is 26.6 Å². The molecule has 60 heavy (non-hydrogen) atoms. The van der Waals surface area contributed by atoms with Crippen LogP contribution in [0.5, 0.6) is 0 Å². The molecular weight excluding hydrogens is 768 g/mol. The summed E-state index contributed by atoms with van der Waals surface area (Å²) in [5.74, 6) is -0.214. The molecule has 0 heterocycles. The predicted octanol–water partition coefficient (Wildman–Crippen LogP) is 13.3. The fourth-order valence-electron chi connectivity index (χ4n) is 6.58. The summed E-state index contributed by atoms with van der Waals surface area (Å²) in [7, 11) is 1.23. The minimum Gasteiger partial charge on any atom is -0.756 e. The van der Waals surface area contributed by atoms with Crippen LogP contribution in [0.1, 0.15) is 194 Å². The van der Waals surface area contributed by atoms with Crippen molar-refractivity contribution in [3.63, 3.8) is 0 Å². The zero-order chi connectivity index (χ0) is 44.3. The Hall–Kier alpha value is -2.06. The van der Waals surface area contributed by atoms with E-state index >= 15 is 0 Å². The van der Waals surface area contributed by atoms with Crippen LogP contribution < -0.4 is 10.2 Å². The molecule has 0 saturated carbocycles. The van der Waals surface area contributed by atoms with Crippen LogP contribution in [-0.4, -0.2) is 68.5 Å². The van der Waals surface area contributed by atoms with Crippen LogP contribution in [0.25, 0.3) is 0 Å². The van der Waals surface area contributed by atoms with Crippen LogP contribution in [-0.2, 0) is 18.4 Å². The highest BCUT2D eigenvalue weighted by atomic mass is 31.2.